The Kier molecular flexibility index (Phi) is 4.43. The first-order valence-corrected chi connectivity index (χ1v) is 6.28. The number of nitrogens with one attached hydrogen (secondary N) is 1. The van der Waals surface area contributed by atoms with Crippen LogP contribution in [0.2, 0.25) is 15.2 Å². The zero-order valence-electron chi connectivity index (χ0n) is 9.20. The molecular weight excluding hydrogens is 293 g/mol. The standard InChI is InChI=1S/C12H10Cl3N3/c13-9-3-1-2-8(11(9)15)12(18-16)7-4-5-17-10(14)6-7/h1-6,12,18H,16H2. The molecule has 0 spiro atoms. The first-order valence-electron chi connectivity index (χ1n) is 5.15. The number of nitrogens with two attached hydrogens (primary N) is 1. The second kappa shape index (κ2) is 5.87. The van der Waals surface area contributed by atoms with Crippen molar-refractivity contribution >= 4 is 34.8 Å². The molecule has 3 nitrogen and oxygen atoms in total. The average Bonchev–Trinajstić information content (AvgIpc) is 2.35. The molecule has 1 aromatic carbocycles. The maximum Gasteiger partial charge on any atom is 0.129 e. The predicted molar refractivity (Wildman–Crippen MR) is 74.9 cm³/mol. The Labute approximate surface area is 120 Å². The van der Waals surface area contributed by atoms with Crippen LogP contribution in [0.3, 0.4) is 0 Å². The summed E-state index contributed by atoms with van der Waals surface area (Å²) in [4.78, 5) is 3.93. The van der Waals surface area contributed by atoms with Crippen LogP contribution in [0.1, 0.15) is 17.2 Å². The molecule has 0 aliphatic carbocycles. The predicted octanol–water partition coefficient (Wildman–Crippen LogP) is 3.59. The van der Waals surface area contributed by atoms with E-state index in [0.717, 1.165) is 11.1 Å². The van der Waals surface area contributed by atoms with Gasteiger partial charge in [-0.05, 0) is 29.3 Å². The van der Waals surface area contributed by atoms with Crippen LogP contribution in [-0.4, -0.2) is 4.98 Å². The van der Waals surface area contributed by atoms with Crippen molar-refractivity contribution in [3.8, 4) is 0 Å². The molecule has 18 heavy (non-hydrogen) atoms. The number of hydrogen-bond acceptors (Lipinski definition) is 3. The fourth-order valence-corrected chi connectivity index (χ4v) is 2.31. The van der Waals surface area contributed by atoms with Gasteiger partial charge in [-0.3, -0.25) is 5.84 Å². The van der Waals surface area contributed by atoms with Gasteiger partial charge in [-0.1, -0.05) is 46.9 Å². The van der Waals surface area contributed by atoms with Crippen LogP contribution in [-0.2, 0) is 0 Å². The smallest absolute Gasteiger partial charge is 0.129 e. The maximum absolute atomic E-state index is 6.18. The number of pyridine rings is 1. The zero-order chi connectivity index (χ0) is 13.1. The Morgan fingerprint density at radius 2 is 1.94 bits per heavy atom. The molecule has 0 saturated carbocycles. The van der Waals surface area contributed by atoms with Crippen molar-refractivity contribution in [2.24, 2.45) is 5.84 Å². The minimum atomic E-state index is -0.295. The molecule has 0 amide bonds. The first-order chi connectivity index (χ1) is 8.63. The molecule has 0 fully saturated rings. The van der Waals surface area contributed by atoms with E-state index < -0.39 is 0 Å². The molecule has 94 valence electrons. The van der Waals surface area contributed by atoms with Crippen molar-refractivity contribution in [1.29, 1.82) is 0 Å². The van der Waals surface area contributed by atoms with E-state index in [9.17, 15) is 0 Å². The summed E-state index contributed by atoms with van der Waals surface area (Å²) >= 11 is 18.0. The molecule has 1 heterocycles. The van der Waals surface area contributed by atoms with E-state index in [1.165, 1.54) is 0 Å². The van der Waals surface area contributed by atoms with Crippen LogP contribution in [0.5, 0.6) is 0 Å². The van der Waals surface area contributed by atoms with Gasteiger partial charge in [0.25, 0.3) is 0 Å². The van der Waals surface area contributed by atoms with Crippen LogP contribution in [0.15, 0.2) is 36.5 Å². The molecule has 0 bridgehead atoms. The average molecular weight is 303 g/mol. The Morgan fingerprint density at radius 3 is 2.61 bits per heavy atom. The summed E-state index contributed by atoms with van der Waals surface area (Å²) in [6.07, 6.45) is 1.61. The monoisotopic (exact) mass is 301 g/mol. The zero-order valence-corrected chi connectivity index (χ0v) is 11.5. The van der Waals surface area contributed by atoms with E-state index in [0.29, 0.717) is 15.2 Å². The summed E-state index contributed by atoms with van der Waals surface area (Å²) < 4.78 is 0. The SMILES string of the molecule is NNC(c1ccnc(Cl)c1)c1cccc(Cl)c1Cl. The quantitative estimate of drug-likeness (QED) is 0.517. The van der Waals surface area contributed by atoms with Crippen LogP contribution in [0.4, 0.5) is 0 Å². The van der Waals surface area contributed by atoms with Gasteiger partial charge in [-0.15, -0.1) is 0 Å². The van der Waals surface area contributed by atoms with E-state index in [4.69, 9.17) is 40.6 Å². The number of hydrogen-bond donors (Lipinski definition) is 2. The Balaban J connectivity index is 2.49. The Morgan fingerprint density at radius 1 is 1.17 bits per heavy atom. The van der Waals surface area contributed by atoms with Crippen molar-refractivity contribution in [2.75, 3.05) is 0 Å². The molecule has 0 radical (unpaired) electrons. The lowest BCUT2D eigenvalue weighted by Crippen LogP contribution is -2.29. The fraction of sp³-hybridized carbons (Fsp3) is 0.0833. The van der Waals surface area contributed by atoms with Gasteiger partial charge in [-0.25, -0.2) is 10.4 Å². The first kappa shape index (κ1) is 13.6. The van der Waals surface area contributed by atoms with Gasteiger partial charge in [-0.2, -0.15) is 0 Å². The van der Waals surface area contributed by atoms with Crippen molar-refractivity contribution in [3.05, 3.63) is 62.9 Å². The topological polar surface area (TPSA) is 50.9 Å². The number of hydrazine groups is 1. The van der Waals surface area contributed by atoms with E-state index >= 15 is 0 Å². The third-order valence-corrected chi connectivity index (χ3v) is 3.58. The molecule has 0 aliphatic heterocycles. The van der Waals surface area contributed by atoms with E-state index in [1.807, 2.05) is 18.2 Å². The third-order valence-electron chi connectivity index (χ3n) is 2.54. The number of aromatic nitrogens is 1. The van der Waals surface area contributed by atoms with Gasteiger partial charge in [0, 0.05) is 6.20 Å². The molecule has 2 aromatic rings. The molecule has 2 rings (SSSR count). The lowest BCUT2D eigenvalue weighted by molar-refractivity contribution is 0.636. The van der Waals surface area contributed by atoms with Gasteiger partial charge >= 0.3 is 0 Å². The largest absolute Gasteiger partial charge is 0.271 e. The van der Waals surface area contributed by atoms with Crippen LogP contribution >= 0.6 is 34.8 Å². The van der Waals surface area contributed by atoms with Gasteiger partial charge in [0.1, 0.15) is 5.15 Å². The Bertz CT molecular complexity index is 560. The third kappa shape index (κ3) is 2.76. The van der Waals surface area contributed by atoms with Crippen molar-refractivity contribution < 1.29 is 0 Å². The van der Waals surface area contributed by atoms with E-state index in [2.05, 4.69) is 10.4 Å². The summed E-state index contributed by atoms with van der Waals surface area (Å²) in [5.74, 6) is 5.59. The number of halogens is 3. The molecule has 0 saturated heterocycles. The second-order valence-electron chi connectivity index (χ2n) is 3.65. The molecule has 1 aromatic heterocycles. The van der Waals surface area contributed by atoms with Gasteiger partial charge in [0.2, 0.25) is 0 Å². The second-order valence-corrected chi connectivity index (χ2v) is 4.83. The normalized spacial score (nSPS) is 12.4. The summed E-state index contributed by atoms with van der Waals surface area (Å²) in [5, 5.41) is 1.34. The summed E-state index contributed by atoms with van der Waals surface area (Å²) in [6.45, 7) is 0. The lowest BCUT2D eigenvalue weighted by atomic mass is 10.0. The van der Waals surface area contributed by atoms with E-state index in [1.54, 1.807) is 18.3 Å². The Hall–Kier alpha value is -0.840. The van der Waals surface area contributed by atoms with Gasteiger partial charge < -0.3 is 0 Å². The fourth-order valence-electron chi connectivity index (χ4n) is 1.71. The lowest BCUT2D eigenvalue weighted by Gasteiger charge is -2.18. The highest BCUT2D eigenvalue weighted by Crippen LogP contribution is 2.33. The van der Waals surface area contributed by atoms with Gasteiger partial charge in [0.05, 0.1) is 16.1 Å². The van der Waals surface area contributed by atoms with Crippen molar-refractivity contribution in [1.82, 2.24) is 10.4 Å². The molecule has 3 N–H and O–H groups in total. The van der Waals surface area contributed by atoms with E-state index in [-0.39, 0.29) is 6.04 Å². The molecular formula is C12H10Cl3N3. The summed E-state index contributed by atoms with van der Waals surface area (Å²) in [6, 6.07) is 8.64. The number of rotatable bonds is 3. The summed E-state index contributed by atoms with van der Waals surface area (Å²) in [5.41, 5.74) is 4.35. The number of nitrogens with zero attached hydrogens (tertiary/aromatic N) is 1. The van der Waals surface area contributed by atoms with Crippen LogP contribution < -0.4 is 11.3 Å². The molecule has 1 unspecified atom stereocenters. The highest BCUT2D eigenvalue weighted by Gasteiger charge is 2.17. The highest BCUT2D eigenvalue weighted by molar-refractivity contribution is 6.42. The van der Waals surface area contributed by atoms with Crippen LogP contribution in [0.25, 0.3) is 0 Å². The van der Waals surface area contributed by atoms with Crippen molar-refractivity contribution in [2.45, 2.75) is 6.04 Å². The maximum atomic E-state index is 6.18. The minimum Gasteiger partial charge on any atom is -0.271 e. The van der Waals surface area contributed by atoms with Crippen molar-refractivity contribution in [3.63, 3.8) is 0 Å². The highest BCUT2D eigenvalue weighted by atomic mass is 35.5. The number of benzene rings is 1. The summed E-state index contributed by atoms with van der Waals surface area (Å²) in [7, 11) is 0. The molecule has 0 aliphatic rings. The molecule has 1 atom stereocenters. The minimum absolute atomic E-state index is 0.295. The van der Waals surface area contributed by atoms with Gasteiger partial charge in [0.15, 0.2) is 0 Å². The molecule has 6 heteroatoms. The van der Waals surface area contributed by atoms with Crippen LogP contribution in [0, 0.1) is 0 Å².